The number of carbonyl (C=O) groups excluding carboxylic acids is 3. The smallest absolute Gasteiger partial charge is 0.339 e. The summed E-state index contributed by atoms with van der Waals surface area (Å²) < 4.78 is 14.9. The zero-order valence-corrected chi connectivity index (χ0v) is 22.3. The SMILES string of the molecule is CCCCCCCC(=O)O.CCCCOC(=O)CC(O)(CC(=O)OCCCC)C(=O)OCCCC. The summed E-state index contributed by atoms with van der Waals surface area (Å²) in [6.07, 6.45) is 9.12. The van der Waals surface area contributed by atoms with Gasteiger partial charge in [-0.05, 0) is 25.7 Å². The maximum atomic E-state index is 12.2. The molecule has 0 rings (SSSR count). The molecule has 9 nitrogen and oxygen atoms in total. The zero-order chi connectivity index (χ0) is 27.0. The van der Waals surface area contributed by atoms with Gasteiger partial charge in [0.25, 0.3) is 0 Å². The first-order valence-electron chi connectivity index (χ1n) is 13.1. The van der Waals surface area contributed by atoms with Crippen LogP contribution in [0, 0.1) is 0 Å². The molecule has 0 aromatic carbocycles. The van der Waals surface area contributed by atoms with Crippen molar-refractivity contribution in [3.05, 3.63) is 0 Å². The van der Waals surface area contributed by atoms with E-state index in [9.17, 15) is 24.3 Å². The molecule has 0 heterocycles. The van der Waals surface area contributed by atoms with Crippen LogP contribution in [0.1, 0.15) is 118 Å². The van der Waals surface area contributed by atoms with E-state index in [4.69, 9.17) is 19.3 Å². The number of ether oxygens (including phenoxy) is 3. The van der Waals surface area contributed by atoms with Gasteiger partial charge in [-0.25, -0.2) is 4.79 Å². The molecule has 0 radical (unpaired) electrons. The number of carboxylic acids is 1. The Morgan fingerprint density at radius 3 is 1.40 bits per heavy atom. The topological polar surface area (TPSA) is 136 Å². The fraction of sp³-hybridized carbons (Fsp3) is 0.846. The van der Waals surface area contributed by atoms with Crippen molar-refractivity contribution in [3.63, 3.8) is 0 Å². The van der Waals surface area contributed by atoms with Crippen molar-refractivity contribution >= 4 is 23.9 Å². The number of esters is 3. The molecule has 206 valence electrons. The van der Waals surface area contributed by atoms with Gasteiger partial charge in [0.2, 0.25) is 0 Å². The lowest BCUT2D eigenvalue weighted by Crippen LogP contribution is -2.45. The second kappa shape index (κ2) is 23.6. The lowest BCUT2D eigenvalue weighted by atomic mass is 9.95. The number of aliphatic carboxylic acids is 1. The molecular formula is C26H48O9. The minimum Gasteiger partial charge on any atom is -0.481 e. The van der Waals surface area contributed by atoms with Crippen LogP contribution in [-0.4, -0.2) is 59.5 Å². The van der Waals surface area contributed by atoms with Crippen molar-refractivity contribution in [2.45, 2.75) is 123 Å². The summed E-state index contributed by atoms with van der Waals surface area (Å²) >= 11 is 0. The van der Waals surface area contributed by atoms with Crippen molar-refractivity contribution in [1.82, 2.24) is 0 Å². The van der Waals surface area contributed by atoms with E-state index in [0.29, 0.717) is 25.7 Å². The van der Waals surface area contributed by atoms with E-state index in [0.717, 1.165) is 32.1 Å². The molecule has 0 aliphatic rings. The third-order valence-electron chi connectivity index (χ3n) is 5.00. The molecule has 2 N–H and O–H groups in total. The van der Waals surface area contributed by atoms with Crippen LogP contribution in [0.15, 0.2) is 0 Å². The third kappa shape index (κ3) is 22.1. The highest BCUT2D eigenvalue weighted by Crippen LogP contribution is 2.20. The van der Waals surface area contributed by atoms with Gasteiger partial charge < -0.3 is 24.4 Å². The summed E-state index contributed by atoms with van der Waals surface area (Å²) in [6, 6.07) is 0. The Labute approximate surface area is 210 Å². The predicted octanol–water partition coefficient (Wildman–Crippen LogP) is 4.96. The van der Waals surface area contributed by atoms with Crippen LogP contribution in [0.2, 0.25) is 0 Å². The highest BCUT2D eigenvalue weighted by atomic mass is 16.6. The number of aliphatic hydroxyl groups is 1. The van der Waals surface area contributed by atoms with Gasteiger partial charge in [-0.1, -0.05) is 72.6 Å². The number of hydrogen-bond donors (Lipinski definition) is 2. The molecule has 0 saturated heterocycles. The lowest BCUT2D eigenvalue weighted by molar-refractivity contribution is -0.178. The predicted molar refractivity (Wildman–Crippen MR) is 133 cm³/mol. The van der Waals surface area contributed by atoms with Gasteiger partial charge in [0.05, 0.1) is 32.7 Å². The molecule has 0 bridgehead atoms. The molecule has 35 heavy (non-hydrogen) atoms. The molecule has 0 amide bonds. The number of rotatable bonds is 20. The minimum atomic E-state index is -2.26. The van der Waals surface area contributed by atoms with E-state index in [-0.39, 0.29) is 19.8 Å². The maximum absolute atomic E-state index is 12.2. The van der Waals surface area contributed by atoms with Crippen molar-refractivity contribution < 1.29 is 43.6 Å². The Balaban J connectivity index is 0. The summed E-state index contributed by atoms with van der Waals surface area (Å²) in [7, 11) is 0. The average molecular weight is 505 g/mol. The van der Waals surface area contributed by atoms with Crippen LogP contribution >= 0.6 is 0 Å². The van der Waals surface area contributed by atoms with Gasteiger partial charge in [-0.3, -0.25) is 14.4 Å². The second-order valence-corrected chi connectivity index (χ2v) is 8.58. The monoisotopic (exact) mass is 504 g/mol. The van der Waals surface area contributed by atoms with Crippen molar-refractivity contribution in [3.8, 4) is 0 Å². The fourth-order valence-electron chi connectivity index (χ4n) is 2.77. The molecule has 0 atom stereocenters. The normalized spacial score (nSPS) is 10.7. The van der Waals surface area contributed by atoms with Crippen LogP contribution < -0.4 is 0 Å². The van der Waals surface area contributed by atoms with E-state index < -0.39 is 42.3 Å². The molecule has 0 aromatic heterocycles. The van der Waals surface area contributed by atoms with Crippen molar-refractivity contribution in [2.75, 3.05) is 19.8 Å². The molecule has 0 aliphatic carbocycles. The Hall–Kier alpha value is -2.16. The Kier molecular flexibility index (Phi) is 23.6. The molecule has 9 heteroatoms. The first-order valence-corrected chi connectivity index (χ1v) is 13.1. The van der Waals surface area contributed by atoms with E-state index in [2.05, 4.69) is 6.92 Å². The molecule has 0 aliphatic heterocycles. The maximum Gasteiger partial charge on any atom is 0.339 e. The van der Waals surface area contributed by atoms with Crippen molar-refractivity contribution in [1.29, 1.82) is 0 Å². The summed E-state index contributed by atoms with van der Waals surface area (Å²) in [6.45, 7) is 8.50. The lowest BCUT2D eigenvalue weighted by Gasteiger charge is -2.24. The summed E-state index contributed by atoms with van der Waals surface area (Å²) in [5.74, 6) is -3.16. The summed E-state index contributed by atoms with van der Waals surface area (Å²) in [5.41, 5.74) is -2.26. The number of carbonyl (C=O) groups is 4. The summed E-state index contributed by atoms with van der Waals surface area (Å²) in [4.78, 5) is 46.0. The molecule has 0 fully saturated rings. The minimum absolute atomic E-state index is 0.118. The number of unbranched alkanes of at least 4 members (excludes halogenated alkanes) is 7. The van der Waals surface area contributed by atoms with Crippen LogP contribution in [0.5, 0.6) is 0 Å². The quantitative estimate of drug-likeness (QED) is 0.134. The van der Waals surface area contributed by atoms with E-state index >= 15 is 0 Å². The molecular weight excluding hydrogens is 456 g/mol. The third-order valence-corrected chi connectivity index (χ3v) is 5.00. The Morgan fingerprint density at radius 2 is 1.00 bits per heavy atom. The van der Waals surface area contributed by atoms with Gasteiger partial charge in [0, 0.05) is 6.42 Å². The van der Waals surface area contributed by atoms with Gasteiger partial charge >= 0.3 is 23.9 Å². The second-order valence-electron chi connectivity index (χ2n) is 8.58. The van der Waals surface area contributed by atoms with Crippen molar-refractivity contribution in [2.24, 2.45) is 0 Å². The van der Waals surface area contributed by atoms with Crippen LogP contribution in [0.25, 0.3) is 0 Å². The highest BCUT2D eigenvalue weighted by molar-refractivity contribution is 5.90. The van der Waals surface area contributed by atoms with Gasteiger partial charge in [-0.2, -0.15) is 0 Å². The molecule has 0 spiro atoms. The first kappa shape index (κ1) is 35.0. The van der Waals surface area contributed by atoms with Gasteiger partial charge in [0.15, 0.2) is 5.60 Å². The van der Waals surface area contributed by atoms with Crippen LogP contribution in [0.4, 0.5) is 0 Å². The van der Waals surface area contributed by atoms with Gasteiger partial charge in [0.1, 0.15) is 0 Å². The fourth-order valence-corrected chi connectivity index (χ4v) is 2.77. The average Bonchev–Trinajstić information content (AvgIpc) is 2.79. The Morgan fingerprint density at radius 1 is 0.600 bits per heavy atom. The largest absolute Gasteiger partial charge is 0.481 e. The van der Waals surface area contributed by atoms with E-state index in [1.54, 1.807) is 0 Å². The zero-order valence-electron chi connectivity index (χ0n) is 22.3. The van der Waals surface area contributed by atoms with E-state index in [1.165, 1.54) is 19.3 Å². The first-order chi connectivity index (χ1) is 16.7. The highest BCUT2D eigenvalue weighted by Gasteiger charge is 2.43. The molecule has 0 saturated carbocycles. The van der Waals surface area contributed by atoms with Crippen LogP contribution in [-0.2, 0) is 33.4 Å². The van der Waals surface area contributed by atoms with Crippen LogP contribution in [0.3, 0.4) is 0 Å². The Bertz CT molecular complexity index is 551. The van der Waals surface area contributed by atoms with Gasteiger partial charge in [-0.15, -0.1) is 0 Å². The summed E-state index contributed by atoms with van der Waals surface area (Å²) in [5, 5.41) is 18.8. The number of hydrogen-bond acceptors (Lipinski definition) is 8. The molecule has 0 aromatic rings. The van der Waals surface area contributed by atoms with E-state index in [1.807, 2.05) is 20.8 Å². The standard InChI is InChI=1S/C18H32O7.C8H16O2/c1-4-7-10-23-15(19)13-18(22,17(21)25-12-9-6-3)14-16(20)24-11-8-5-2;1-2-3-4-5-6-7-8(9)10/h22H,4-14H2,1-3H3;2-7H2,1H3,(H,9,10). The molecule has 0 unspecified atom stereocenters. The number of carboxylic acid groups (broad SMARTS) is 1.